The number of carbonyl (C=O) groups excluding carboxylic acids is 1. The van der Waals surface area contributed by atoms with Crippen LogP contribution in [0.4, 0.5) is 18.0 Å². The van der Waals surface area contributed by atoms with E-state index in [0.29, 0.717) is 31.8 Å². The smallest absolute Gasteiger partial charge is 0.393 e. The van der Waals surface area contributed by atoms with Gasteiger partial charge in [-0.25, -0.2) is 4.79 Å². The van der Waals surface area contributed by atoms with Crippen LogP contribution < -0.4 is 10.6 Å². The normalized spacial score (nSPS) is 21.3. The molecule has 134 valence electrons. The highest BCUT2D eigenvalue weighted by atomic mass is 19.4. The fourth-order valence-corrected chi connectivity index (χ4v) is 2.93. The molecule has 2 rings (SSSR count). The Bertz CT molecular complexity index is 532. The van der Waals surface area contributed by atoms with E-state index < -0.39 is 11.7 Å². The number of urea groups is 1. The first-order chi connectivity index (χ1) is 11.3. The SMILES string of the molecule is O=C(NCCc1ccc(C(F)(F)F)cc1)NCC1CCCC(O)C1. The Balaban J connectivity index is 1.65. The molecule has 1 aliphatic rings. The van der Waals surface area contributed by atoms with Crippen LogP contribution in [0, 0.1) is 5.92 Å². The maximum absolute atomic E-state index is 12.5. The third-order valence-corrected chi connectivity index (χ3v) is 4.29. The number of amides is 2. The first kappa shape index (κ1) is 18.6. The number of rotatable bonds is 5. The minimum absolute atomic E-state index is 0.270. The van der Waals surface area contributed by atoms with Crippen LogP contribution in [-0.2, 0) is 12.6 Å². The van der Waals surface area contributed by atoms with Gasteiger partial charge in [0.15, 0.2) is 0 Å². The molecule has 1 aromatic carbocycles. The van der Waals surface area contributed by atoms with Crippen LogP contribution in [0.3, 0.4) is 0 Å². The summed E-state index contributed by atoms with van der Waals surface area (Å²) in [6.07, 6.45) is -0.613. The molecule has 1 aliphatic carbocycles. The van der Waals surface area contributed by atoms with Crippen molar-refractivity contribution in [1.29, 1.82) is 0 Å². The molecular weight excluding hydrogens is 321 g/mol. The van der Waals surface area contributed by atoms with Crippen LogP contribution in [0.25, 0.3) is 0 Å². The van der Waals surface area contributed by atoms with Crippen LogP contribution in [0.15, 0.2) is 24.3 Å². The molecule has 7 heteroatoms. The van der Waals surface area contributed by atoms with Gasteiger partial charge in [0.05, 0.1) is 11.7 Å². The summed E-state index contributed by atoms with van der Waals surface area (Å²) in [5.74, 6) is 0.300. The number of aliphatic hydroxyl groups is 1. The fraction of sp³-hybridized carbons (Fsp3) is 0.588. The minimum atomic E-state index is -4.33. The van der Waals surface area contributed by atoms with Crippen LogP contribution in [0.1, 0.15) is 36.8 Å². The standard InChI is InChI=1S/C17H23F3N2O2/c18-17(19,20)14-6-4-12(5-7-14)8-9-21-16(24)22-11-13-2-1-3-15(23)10-13/h4-7,13,15,23H,1-3,8-11H2,(H2,21,22,24). The quantitative estimate of drug-likeness (QED) is 0.769. The second-order valence-corrected chi connectivity index (χ2v) is 6.27. The second kappa shape index (κ2) is 8.37. The van der Waals surface area contributed by atoms with Crippen LogP contribution in [0.2, 0.25) is 0 Å². The molecule has 0 saturated heterocycles. The zero-order valence-corrected chi connectivity index (χ0v) is 13.4. The Morgan fingerprint density at radius 1 is 1.17 bits per heavy atom. The van der Waals surface area contributed by atoms with Crippen LogP contribution in [0.5, 0.6) is 0 Å². The first-order valence-electron chi connectivity index (χ1n) is 8.20. The van der Waals surface area contributed by atoms with E-state index in [1.54, 1.807) is 0 Å². The maximum atomic E-state index is 12.5. The number of aliphatic hydroxyl groups excluding tert-OH is 1. The summed E-state index contributed by atoms with van der Waals surface area (Å²) in [6, 6.07) is 4.65. The van der Waals surface area contributed by atoms with E-state index in [-0.39, 0.29) is 12.1 Å². The lowest BCUT2D eigenvalue weighted by atomic mass is 9.87. The van der Waals surface area contributed by atoms with Gasteiger partial charge in [0, 0.05) is 13.1 Å². The van der Waals surface area contributed by atoms with Gasteiger partial charge in [-0.3, -0.25) is 0 Å². The molecule has 2 amide bonds. The van der Waals surface area contributed by atoms with E-state index in [0.717, 1.165) is 37.0 Å². The number of carbonyl (C=O) groups is 1. The van der Waals surface area contributed by atoms with Crippen molar-refractivity contribution in [3.05, 3.63) is 35.4 Å². The van der Waals surface area contributed by atoms with Crippen molar-refractivity contribution in [2.24, 2.45) is 5.92 Å². The zero-order valence-electron chi connectivity index (χ0n) is 13.4. The van der Waals surface area contributed by atoms with Crippen molar-refractivity contribution in [1.82, 2.24) is 10.6 Å². The lowest BCUT2D eigenvalue weighted by Gasteiger charge is -2.25. The minimum Gasteiger partial charge on any atom is -0.393 e. The molecule has 3 N–H and O–H groups in total. The van der Waals surface area contributed by atoms with E-state index in [1.165, 1.54) is 12.1 Å². The molecule has 0 aromatic heterocycles. The molecule has 0 heterocycles. The van der Waals surface area contributed by atoms with Gasteiger partial charge < -0.3 is 15.7 Å². The maximum Gasteiger partial charge on any atom is 0.416 e. The van der Waals surface area contributed by atoms with Crippen LogP contribution >= 0.6 is 0 Å². The van der Waals surface area contributed by atoms with Gasteiger partial charge >= 0.3 is 12.2 Å². The number of benzene rings is 1. The topological polar surface area (TPSA) is 61.4 Å². The molecule has 0 spiro atoms. The summed E-state index contributed by atoms with van der Waals surface area (Å²) in [7, 11) is 0. The van der Waals surface area contributed by atoms with Crippen molar-refractivity contribution >= 4 is 6.03 Å². The molecular formula is C17H23F3N2O2. The molecule has 0 aliphatic heterocycles. The van der Waals surface area contributed by atoms with Crippen molar-refractivity contribution in [2.75, 3.05) is 13.1 Å². The molecule has 4 nitrogen and oxygen atoms in total. The van der Waals surface area contributed by atoms with Gasteiger partial charge in [-0.05, 0) is 49.3 Å². The highest BCUT2D eigenvalue weighted by molar-refractivity contribution is 5.73. The van der Waals surface area contributed by atoms with E-state index >= 15 is 0 Å². The number of hydrogen-bond donors (Lipinski definition) is 3. The Hall–Kier alpha value is -1.76. The summed E-state index contributed by atoms with van der Waals surface area (Å²) in [5.41, 5.74) is 0.0605. The summed E-state index contributed by atoms with van der Waals surface area (Å²) in [4.78, 5) is 11.7. The van der Waals surface area contributed by atoms with Gasteiger partial charge in [0.25, 0.3) is 0 Å². The molecule has 0 bridgehead atoms. The van der Waals surface area contributed by atoms with E-state index in [2.05, 4.69) is 10.6 Å². The Labute approximate surface area is 139 Å². The van der Waals surface area contributed by atoms with Gasteiger partial charge in [-0.1, -0.05) is 18.6 Å². The first-order valence-corrected chi connectivity index (χ1v) is 8.20. The van der Waals surface area contributed by atoms with Gasteiger partial charge in [0.2, 0.25) is 0 Å². The second-order valence-electron chi connectivity index (χ2n) is 6.27. The molecule has 1 fully saturated rings. The Kier molecular flexibility index (Phi) is 6.48. The van der Waals surface area contributed by atoms with E-state index in [4.69, 9.17) is 0 Å². The third kappa shape index (κ3) is 6.03. The monoisotopic (exact) mass is 344 g/mol. The predicted molar refractivity (Wildman–Crippen MR) is 84.5 cm³/mol. The lowest BCUT2D eigenvalue weighted by Crippen LogP contribution is -2.40. The fourth-order valence-electron chi connectivity index (χ4n) is 2.93. The lowest BCUT2D eigenvalue weighted by molar-refractivity contribution is -0.137. The average Bonchev–Trinajstić information content (AvgIpc) is 2.53. The van der Waals surface area contributed by atoms with E-state index in [9.17, 15) is 23.1 Å². The van der Waals surface area contributed by atoms with Crippen LogP contribution in [-0.4, -0.2) is 30.3 Å². The molecule has 2 unspecified atom stereocenters. The number of hydrogen-bond acceptors (Lipinski definition) is 2. The highest BCUT2D eigenvalue weighted by Gasteiger charge is 2.29. The number of nitrogens with one attached hydrogen (secondary N) is 2. The van der Waals surface area contributed by atoms with Crippen molar-refractivity contribution in [3.63, 3.8) is 0 Å². The van der Waals surface area contributed by atoms with Gasteiger partial charge in [-0.2, -0.15) is 13.2 Å². The zero-order chi connectivity index (χ0) is 17.6. The number of halogens is 3. The van der Waals surface area contributed by atoms with Gasteiger partial charge in [-0.15, -0.1) is 0 Å². The highest BCUT2D eigenvalue weighted by Crippen LogP contribution is 2.29. The average molecular weight is 344 g/mol. The van der Waals surface area contributed by atoms with Gasteiger partial charge in [0.1, 0.15) is 0 Å². The molecule has 1 saturated carbocycles. The van der Waals surface area contributed by atoms with Crippen molar-refractivity contribution < 1.29 is 23.1 Å². The largest absolute Gasteiger partial charge is 0.416 e. The molecule has 24 heavy (non-hydrogen) atoms. The summed E-state index contributed by atoms with van der Waals surface area (Å²) < 4.78 is 37.4. The summed E-state index contributed by atoms with van der Waals surface area (Å²) in [5, 5.41) is 15.1. The van der Waals surface area contributed by atoms with E-state index in [1.807, 2.05) is 0 Å². The predicted octanol–water partition coefficient (Wildman–Crippen LogP) is 3.10. The Morgan fingerprint density at radius 3 is 2.50 bits per heavy atom. The summed E-state index contributed by atoms with van der Waals surface area (Å²) >= 11 is 0. The van der Waals surface area contributed by atoms with Crippen molar-refractivity contribution in [2.45, 2.75) is 44.4 Å². The molecule has 1 aromatic rings. The van der Waals surface area contributed by atoms with Crippen molar-refractivity contribution in [3.8, 4) is 0 Å². The summed E-state index contributed by atoms with van der Waals surface area (Å²) in [6.45, 7) is 0.883. The molecule has 2 atom stereocenters. The molecule has 0 radical (unpaired) electrons. The number of alkyl halides is 3. The Morgan fingerprint density at radius 2 is 1.88 bits per heavy atom. The third-order valence-electron chi connectivity index (χ3n) is 4.29.